The lowest BCUT2D eigenvalue weighted by Gasteiger charge is -2.26. The van der Waals surface area contributed by atoms with Gasteiger partial charge in [-0.1, -0.05) is 47.5 Å². The molecule has 32 heavy (non-hydrogen) atoms. The highest BCUT2D eigenvalue weighted by atomic mass is 35.5. The second kappa shape index (κ2) is 7.97. The van der Waals surface area contributed by atoms with Crippen molar-refractivity contribution in [3.8, 4) is 17.0 Å². The standard InChI is InChI=1S/C24H16Cl2FN3O2/c25-15-5-3-14(4-6-15)23-20-21(18-11-16(26)7-10-19(18)31)28-29-22(20)24(32)30(23)12-13-1-8-17(27)9-2-13/h1-11,23,31H,12H2,(H,28,29). The first-order valence-electron chi connectivity index (χ1n) is 9.80. The number of H-pyrrole nitrogens is 1. The third-order valence-corrected chi connectivity index (χ3v) is 6.02. The number of amides is 1. The number of benzene rings is 3. The normalized spacial score (nSPS) is 15.3. The van der Waals surface area contributed by atoms with Crippen molar-refractivity contribution < 1.29 is 14.3 Å². The van der Waals surface area contributed by atoms with Crippen molar-refractivity contribution in [1.29, 1.82) is 0 Å². The minimum Gasteiger partial charge on any atom is -0.507 e. The van der Waals surface area contributed by atoms with Crippen LogP contribution >= 0.6 is 23.2 Å². The summed E-state index contributed by atoms with van der Waals surface area (Å²) in [6.07, 6.45) is 0. The van der Waals surface area contributed by atoms with E-state index in [1.165, 1.54) is 18.2 Å². The molecule has 160 valence electrons. The van der Waals surface area contributed by atoms with Gasteiger partial charge in [0.1, 0.15) is 23.0 Å². The number of carbonyl (C=O) groups excluding carboxylic acids is 1. The number of halogens is 3. The lowest BCUT2D eigenvalue weighted by Crippen LogP contribution is -2.29. The molecule has 3 aromatic carbocycles. The zero-order valence-electron chi connectivity index (χ0n) is 16.5. The first-order valence-corrected chi connectivity index (χ1v) is 10.6. The Morgan fingerprint density at radius 3 is 2.41 bits per heavy atom. The van der Waals surface area contributed by atoms with Gasteiger partial charge < -0.3 is 10.0 Å². The van der Waals surface area contributed by atoms with Crippen LogP contribution in [0.15, 0.2) is 66.7 Å². The number of phenols is 1. The maximum atomic E-state index is 13.4. The van der Waals surface area contributed by atoms with E-state index < -0.39 is 6.04 Å². The van der Waals surface area contributed by atoms with Crippen molar-refractivity contribution >= 4 is 29.1 Å². The van der Waals surface area contributed by atoms with Gasteiger partial charge in [0.15, 0.2) is 0 Å². The SMILES string of the molecule is O=C1c2[nH]nc(-c3cc(Cl)ccc3O)c2C(c2ccc(Cl)cc2)N1Cc1ccc(F)cc1. The molecule has 1 amide bonds. The molecule has 2 heterocycles. The summed E-state index contributed by atoms with van der Waals surface area (Å²) in [6, 6.07) is 17.4. The molecule has 1 unspecified atom stereocenters. The highest BCUT2D eigenvalue weighted by Gasteiger charge is 2.42. The molecule has 5 rings (SSSR count). The first kappa shape index (κ1) is 20.5. The highest BCUT2D eigenvalue weighted by Crippen LogP contribution is 2.45. The number of phenolic OH excluding ortho intramolecular Hbond substituents is 1. The van der Waals surface area contributed by atoms with Crippen molar-refractivity contribution in [2.24, 2.45) is 0 Å². The third kappa shape index (κ3) is 3.51. The number of rotatable bonds is 4. The molecule has 1 aliphatic heterocycles. The molecule has 0 aliphatic carbocycles. The van der Waals surface area contributed by atoms with E-state index in [0.29, 0.717) is 32.6 Å². The first-order chi connectivity index (χ1) is 15.4. The van der Waals surface area contributed by atoms with Gasteiger partial charge in [-0.15, -0.1) is 0 Å². The fourth-order valence-corrected chi connectivity index (χ4v) is 4.34. The Kier molecular flexibility index (Phi) is 5.12. The van der Waals surface area contributed by atoms with E-state index in [1.54, 1.807) is 41.3 Å². The van der Waals surface area contributed by atoms with Crippen LogP contribution in [0.4, 0.5) is 4.39 Å². The van der Waals surface area contributed by atoms with Gasteiger partial charge in [-0.05, 0) is 53.6 Å². The zero-order chi connectivity index (χ0) is 22.4. The Labute approximate surface area is 193 Å². The maximum Gasteiger partial charge on any atom is 0.273 e. The molecule has 0 saturated carbocycles. The molecule has 1 aromatic heterocycles. The summed E-state index contributed by atoms with van der Waals surface area (Å²) in [5.74, 6) is -0.587. The number of nitrogens with zero attached hydrogens (tertiary/aromatic N) is 2. The minimum atomic E-state index is -0.494. The van der Waals surface area contributed by atoms with Crippen LogP contribution < -0.4 is 0 Å². The average molecular weight is 468 g/mol. The van der Waals surface area contributed by atoms with Crippen LogP contribution in [-0.4, -0.2) is 26.1 Å². The van der Waals surface area contributed by atoms with Crippen molar-refractivity contribution in [2.75, 3.05) is 0 Å². The number of hydrogen-bond donors (Lipinski definition) is 2. The van der Waals surface area contributed by atoms with Crippen molar-refractivity contribution in [2.45, 2.75) is 12.6 Å². The molecule has 4 aromatic rings. The molecule has 8 heteroatoms. The third-order valence-electron chi connectivity index (χ3n) is 5.53. The predicted octanol–water partition coefficient (Wildman–Crippen LogP) is 5.97. The van der Waals surface area contributed by atoms with Gasteiger partial charge in [0.05, 0.1) is 6.04 Å². The smallest absolute Gasteiger partial charge is 0.273 e. The second-order valence-corrected chi connectivity index (χ2v) is 8.41. The monoisotopic (exact) mass is 467 g/mol. The van der Waals surface area contributed by atoms with Crippen LogP contribution in [0.2, 0.25) is 10.0 Å². The van der Waals surface area contributed by atoms with Gasteiger partial charge in [-0.3, -0.25) is 9.89 Å². The maximum absolute atomic E-state index is 13.4. The van der Waals surface area contributed by atoms with E-state index in [4.69, 9.17) is 23.2 Å². The van der Waals surface area contributed by atoms with Crippen molar-refractivity contribution in [3.63, 3.8) is 0 Å². The second-order valence-electron chi connectivity index (χ2n) is 7.54. The number of carbonyl (C=O) groups is 1. The van der Waals surface area contributed by atoms with E-state index in [1.807, 2.05) is 12.1 Å². The van der Waals surface area contributed by atoms with Gasteiger partial charge in [0, 0.05) is 27.7 Å². The summed E-state index contributed by atoms with van der Waals surface area (Å²) in [6.45, 7) is 0.260. The largest absolute Gasteiger partial charge is 0.507 e. The molecule has 0 fully saturated rings. The van der Waals surface area contributed by atoms with Crippen LogP contribution in [-0.2, 0) is 6.54 Å². The topological polar surface area (TPSA) is 69.2 Å². The Morgan fingerprint density at radius 2 is 1.69 bits per heavy atom. The van der Waals surface area contributed by atoms with Crippen LogP contribution in [0.25, 0.3) is 11.3 Å². The van der Waals surface area contributed by atoms with Crippen LogP contribution in [0.5, 0.6) is 5.75 Å². The van der Waals surface area contributed by atoms with Crippen LogP contribution in [0, 0.1) is 5.82 Å². The summed E-state index contributed by atoms with van der Waals surface area (Å²) < 4.78 is 13.4. The highest BCUT2D eigenvalue weighted by molar-refractivity contribution is 6.31. The van der Waals surface area contributed by atoms with Gasteiger partial charge in [-0.2, -0.15) is 5.10 Å². The molecule has 0 saturated heterocycles. The van der Waals surface area contributed by atoms with Crippen molar-refractivity contribution in [1.82, 2.24) is 15.1 Å². The lowest BCUT2D eigenvalue weighted by atomic mass is 9.95. The summed E-state index contributed by atoms with van der Waals surface area (Å²) in [4.78, 5) is 15.1. The molecule has 5 nitrogen and oxygen atoms in total. The van der Waals surface area contributed by atoms with Gasteiger partial charge in [0.2, 0.25) is 0 Å². The number of aromatic hydroxyl groups is 1. The molecular weight excluding hydrogens is 452 g/mol. The number of hydrogen-bond acceptors (Lipinski definition) is 3. The Bertz CT molecular complexity index is 1320. The van der Waals surface area contributed by atoms with E-state index in [2.05, 4.69) is 10.2 Å². The molecular formula is C24H16Cl2FN3O2. The van der Waals surface area contributed by atoms with Crippen molar-refractivity contribution in [3.05, 3.63) is 105 Å². The summed E-state index contributed by atoms with van der Waals surface area (Å²) >= 11 is 12.3. The average Bonchev–Trinajstić information content (AvgIpc) is 3.32. The van der Waals surface area contributed by atoms with E-state index in [-0.39, 0.29) is 24.0 Å². The predicted molar refractivity (Wildman–Crippen MR) is 120 cm³/mol. The molecule has 2 N–H and O–H groups in total. The molecule has 0 spiro atoms. The minimum absolute atomic E-state index is 0.00277. The lowest BCUT2D eigenvalue weighted by molar-refractivity contribution is 0.0730. The quantitative estimate of drug-likeness (QED) is 0.388. The van der Waals surface area contributed by atoms with Crippen LogP contribution in [0.3, 0.4) is 0 Å². The Hall–Kier alpha value is -3.35. The fourth-order valence-electron chi connectivity index (χ4n) is 4.04. The van der Waals surface area contributed by atoms with Gasteiger partial charge >= 0.3 is 0 Å². The number of nitrogens with one attached hydrogen (secondary N) is 1. The summed E-state index contributed by atoms with van der Waals surface area (Å²) in [5.41, 5.74) is 3.44. The molecule has 1 aliphatic rings. The summed E-state index contributed by atoms with van der Waals surface area (Å²) in [7, 11) is 0. The number of fused-ring (bicyclic) bond motifs is 1. The molecule has 0 bridgehead atoms. The zero-order valence-corrected chi connectivity index (χ0v) is 18.0. The van der Waals surface area contributed by atoms with Crippen LogP contribution in [0.1, 0.15) is 33.2 Å². The number of aromatic amines is 1. The molecule has 1 atom stereocenters. The number of aromatic nitrogens is 2. The van der Waals surface area contributed by atoms with E-state index in [0.717, 1.165) is 11.1 Å². The van der Waals surface area contributed by atoms with Gasteiger partial charge in [0.25, 0.3) is 5.91 Å². The molecule has 0 radical (unpaired) electrons. The van der Waals surface area contributed by atoms with E-state index in [9.17, 15) is 14.3 Å². The Balaban J connectivity index is 1.66. The fraction of sp³-hybridized carbons (Fsp3) is 0.0833. The van der Waals surface area contributed by atoms with Gasteiger partial charge in [-0.25, -0.2) is 4.39 Å². The van der Waals surface area contributed by atoms with E-state index >= 15 is 0 Å². The summed E-state index contributed by atoms with van der Waals surface area (Å²) in [5, 5.41) is 18.6. The Morgan fingerprint density at radius 1 is 1.00 bits per heavy atom.